The Hall–Kier alpha value is -0.850. The molecule has 0 bridgehead atoms. The summed E-state index contributed by atoms with van der Waals surface area (Å²) in [4.78, 5) is 10.4. The summed E-state index contributed by atoms with van der Waals surface area (Å²) in [5.74, 6) is 1.99. The van der Waals surface area contributed by atoms with Gasteiger partial charge in [0.05, 0.1) is 11.0 Å². The van der Waals surface area contributed by atoms with E-state index in [0.29, 0.717) is 11.5 Å². The van der Waals surface area contributed by atoms with Gasteiger partial charge in [0.15, 0.2) is 6.17 Å². The number of hydrogen-bond donors (Lipinski definition) is 0. The lowest BCUT2D eigenvalue weighted by molar-refractivity contribution is 0.422. The Labute approximate surface area is 86.9 Å². The van der Waals surface area contributed by atoms with Gasteiger partial charge in [-0.3, -0.25) is 0 Å². The fourth-order valence-corrected chi connectivity index (χ4v) is 2.03. The van der Waals surface area contributed by atoms with Crippen LogP contribution in [-0.2, 0) is 4.79 Å². The Morgan fingerprint density at radius 3 is 2.86 bits per heavy atom. The lowest BCUT2D eigenvalue weighted by Crippen LogP contribution is -2.19. The molecule has 0 amide bonds. The summed E-state index contributed by atoms with van der Waals surface area (Å²) >= 11 is 6.09. The molecule has 0 radical (unpaired) electrons. The lowest BCUT2D eigenvalue weighted by Gasteiger charge is -2.19. The van der Waals surface area contributed by atoms with Crippen molar-refractivity contribution in [3.8, 4) is 0 Å². The first-order valence-corrected chi connectivity index (χ1v) is 5.09. The molecule has 2 aliphatic carbocycles. The van der Waals surface area contributed by atoms with E-state index in [1.165, 1.54) is 6.08 Å². The highest BCUT2D eigenvalue weighted by molar-refractivity contribution is 6.23. The van der Waals surface area contributed by atoms with Gasteiger partial charge in [0.25, 0.3) is 0 Å². The highest BCUT2D eigenvalue weighted by Gasteiger charge is 2.36. The Balaban J connectivity index is 2.21. The van der Waals surface area contributed by atoms with Crippen LogP contribution in [-0.4, -0.2) is 17.5 Å². The predicted molar refractivity (Wildman–Crippen MR) is 53.7 cm³/mol. The molecule has 1 nitrogen and oxygen atoms in total. The van der Waals surface area contributed by atoms with Gasteiger partial charge < -0.3 is 0 Å². The minimum absolute atomic E-state index is 0.0498. The van der Waals surface area contributed by atoms with E-state index in [0.717, 1.165) is 12.8 Å². The second-order valence-electron chi connectivity index (χ2n) is 3.68. The highest BCUT2D eigenvalue weighted by atomic mass is 35.5. The molecule has 2 unspecified atom stereocenters. The number of allylic oxidation sites excluding steroid dienone is 5. The van der Waals surface area contributed by atoms with Crippen LogP contribution in [0.15, 0.2) is 29.4 Å². The van der Waals surface area contributed by atoms with Gasteiger partial charge in [0.1, 0.15) is 5.94 Å². The molecule has 2 aliphatic rings. The fourth-order valence-electron chi connectivity index (χ4n) is 1.59. The Bertz CT molecular complexity index is 348. The molecule has 74 valence electrons. The molecule has 0 spiro atoms. The third-order valence-electron chi connectivity index (χ3n) is 2.60. The molecular weight excluding hydrogens is 203 g/mol. The van der Waals surface area contributed by atoms with Crippen LogP contribution in [0.3, 0.4) is 0 Å². The molecule has 2 atom stereocenters. The molecule has 0 aromatic rings. The second kappa shape index (κ2) is 3.72. The fraction of sp³-hybridized carbons (Fsp3) is 0.455. The van der Waals surface area contributed by atoms with Crippen LogP contribution in [0.5, 0.6) is 0 Å². The molecule has 3 heteroatoms. The van der Waals surface area contributed by atoms with Gasteiger partial charge >= 0.3 is 0 Å². The number of alkyl halides is 2. The first kappa shape index (κ1) is 9.70. The van der Waals surface area contributed by atoms with Crippen LogP contribution < -0.4 is 0 Å². The van der Waals surface area contributed by atoms with Crippen LogP contribution in [0, 0.1) is 5.92 Å². The summed E-state index contributed by atoms with van der Waals surface area (Å²) in [6, 6.07) is 0. The topological polar surface area (TPSA) is 17.1 Å². The zero-order valence-electron chi connectivity index (χ0n) is 7.54. The third kappa shape index (κ3) is 1.68. The molecule has 0 aromatic heterocycles. The highest BCUT2D eigenvalue weighted by Crippen LogP contribution is 2.41. The van der Waals surface area contributed by atoms with Gasteiger partial charge in [-0.1, -0.05) is 12.2 Å². The Kier molecular flexibility index (Phi) is 2.58. The molecule has 0 saturated heterocycles. The SMILES string of the molecule is O=C=C1C=CC=C(C(Cl)C2CC2)C1F. The lowest BCUT2D eigenvalue weighted by atomic mass is 9.94. The maximum Gasteiger partial charge on any atom is 0.158 e. The zero-order valence-corrected chi connectivity index (χ0v) is 8.30. The van der Waals surface area contributed by atoms with Crippen LogP contribution in [0.25, 0.3) is 0 Å². The zero-order chi connectivity index (χ0) is 10.1. The van der Waals surface area contributed by atoms with Crippen molar-refractivity contribution in [2.75, 3.05) is 0 Å². The standard InChI is InChI=1S/C11H10ClFO/c12-10(7-4-5-7)9-3-1-2-8(6-14)11(9)13/h1-3,7,10-11H,4-5H2. The van der Waals surface area contributed by atoms with Crippen LogP contribution >= 0.6 is 11.6 Å². The minimum Gasteiger partial charge on any atom is -0.237 e. The van der Waals surface area contributed by atoms with Crippen molar-refractivity contribution in [1.29, 1.82) is 0 Å². The number of rotatable bonds is 2. The largest absolute Gasteiger partial charge is 0.237 e. The summed E-state index contributed by atoms with van der Waals surface area (Å²) in [5, 5.41) is -0.265. The molecule has 14 heavy (non-hydrogen) atoms. The number of carbonyl (C=O) groups excluding carboxylic acids is 1. The van der Waals surface area contributed by atoms with Crippen molar-refractivity contribution in [2.45, 2.75) is 24.4 Å². The number of halogens is 2. The molecule has 0 aromatic carbocycles. The quantitative estimate of drug-likeness (QED) is 0.508. The molecule has 2 rings (SSSR count). The van der Waals surface area contributed by atoms with E-state index in [1.807, 2.05) is 0 Å². The van der Waals surface area contributed by atoms with Gasteiger partial charge in [0.2, 0.25) is 0 Å². The van der Waals surface area contributed by atoms with Crippen LogP contribution in [0.4, 0.5) is 4.39 Å². The van der Waals surface area contributed by atoms with E-state index in [-0.39, 0.29) is 11.0 Å². The van der Waals surface area contributed by atoms with E-state index in [2.05, 4.69) is 0 Å². The molecule has 0 N–H and O–H groups in total. The van der Waals surface area contributed by atoms with Crippen molar-refractivity contribution in [1.82, 2.24) is 0 Å². The second-order valence-corrected chi connectivity index (χ2v) is 4.16. The minimum atomic E-state index is -1.36. The monoisotopic (exact) mass is 212 g/mol. The smallest absolute Gasteiger partial charge is 0.158 e. The maximum atomic E-state index is 13.6. The molecule has 0 aliphatic heterocycles. The summed E-state index contributed by atoms with van der Waals surface area (Å²) in [6.07, 6.45) is 5.52. The summed E-state index contributed by atoms with van der Waals surface area (Å²) in [5.41, 5.74) is 0.559. The van der Waals surface area contributed by atoms with E-state index >= 15 is 0 Å². The summed E-state index contributed by atoms with van der Waals surface area (Å²) in [6.45, 7) is 0. The Morgan fingerprint density at radius 1 is 1.57 bits per heavy atom. The van der Waals surface area contributed by atoms with E-state index in [1.54, 1.807) is 18.1 Å². The van der Waals surface area contributed by atoms with Gasteiger partial charge in [-0.15, -0.1) is 11.6 Å². The van der Waals surface area contributed by atoms with Gasteiger partial charge in [-0.25, -0.2) is 9.18 Å². The first-order chi connectivity index (χ1) is 6.74. The van der Waals surface area contributed by atoms with Crippen molar-refractivity contribution >= 4 is 17.5 Å². The summed E-state index contributed by atoms with van der Waals surface area (Å²) < 4.78 is 13.6. The average Bonchev–Trinajstić information content (AvgIpc) is 3.00. The van der Waals surface area contributed by atoms with Gasteiger partial charge in [-0.05, 0) is 30.4 Å². The molecular formula is C11H10ClFO. The van der Waals surface area contributed by atoms with E-state index in [4.69, 9.17) is 11.6 Å². The Morgan fingerprint density at radius 2 is 2.29 bits per heavy atom. The van der Waals surface area contributed by atoms with Crippen molar-refractivity contribution in [3.05, 3.63) is 29.4 Å². The molecule has 1 fully saturated rings. The molecule has 0 heterocycles. The predicted octanol–water partition coefficient (Wildman–Crippen LogP) is 2.60. The third-order valence-corrected chi connectivity index (χ3v) is 3.21. The van der Waals surface area contributed by atoms with E-state index in [9.17, 15) is 9.18 Å². The van der Waals surface area contributed by atoms with Crippen LogP contribution in [0.1, 0.15) is 12.8 Å². The van der Waals surface area contributed by atoms with Crippen molar-refractivity contribution in [3.63, 3.8) is 0 Å². The maximum absolute atomic E-state index is 13.6. The summed E-state index contributed by atoms with van der Waals surface area (Å²) in [7, 11) is 0. The van der Waals surface area contributed by atoms with Crippen molar-refractivity contribution < 1.29 is 9.18 Å². The van der Waals surface area contributed by atoms with E-state index < -0.39 is 6.17 Å². The normalized spacial score (nSPS) is 28.3. The first-order valence-electron chi connectivity index (χ1n) is 4.65. The average molecular weight is 213 g/mol. The number of hydrogen-bond acceptors (Lipinski definition) is 1. The van der Waals surface area contributed by atoms with Crippen LogP contribution in [0.2, 0.25) is 0 Å². The molecule has 1 saturated carbocycles. The van der Waals surface area contributed by atoms with Gasteiger partial charge in [-0.2, -0.15) is 0 Å². The van der Waals surface area contributed by atoms with Crippen molar-refractivity contribution in [2.24, 2.45) is 5.92 Å². The van der Waals surface area contributed by atoms with Gasteiger partial charge in [0, 0.05) is 0 Å².